The van der Waals surface area contributed by atoms with Crippen molar-refractivity contribution in [2.75, 3.05) is 19.5 Å². The van der Waals surface area contributed by atoms with E-state index in [4.69, 9.17) is 9.47 Å². The van der Waals surface area contributed by atoms with E-state index < -0.39 is 11.7 Å². The van der Waals surface area contributed by atoms with Crippen molar-refractivity contribution in [1.82, 2.24) is 0 Å². The molecular formula is C17H15F3N2O2. The van der Waals surface area contributed by atoms with E-state index in [1.165, 1.54) is 68.8 Å². The fraction of sp³-hybridized carbons (Fsp3) is 0.235. The molecule has 7 heteroatoms. The van der Waals surface area contributed by atoms with Crippen molar-refractivity contribution in [3.63, 3.8) is 0 Å². The zero-order valence-corrected chi connectivity index (χ0v) is 13.0. The number of methoxy groups -OCH3 is 2. The first-order valence-electron chi connectivity index (χ1n) is 6.91. The normalized spacial score (nSPS) is 13.5. The first-order valence-corrected chi connectivity index (χ1v) is 6.91. The minimum Gasteiger partial charge on any atom is -0.497 e. The number of rotatable bonds is 5. The second-order valence-corrected chi connectivity index (χ2v) is 4.94. The molecule has 0 bridgehead atoms. The largest absolute Gasteiger partial charge is 0.497 e. The average Bonchev–Trinajstić information content (AvgIpc) is 2.59. The molecule has 2 aromatic rings. The van der Waals surface area contributed by atoms with Crippen LogP contribution in [-0.2, 0) is 5.54 Å². The highest BCUT2D eigenvalue weighted by molar-refractivity contribution is 5.54. The topological polar surface area (TPSA) is 54.3 Å². The molecule has 0 aromatic heterocycles. The molecule has 24 heavy (non-hydrogen) atoms. The smallest absolute Gasteiger partial charge is 0.429 e. The Hall–Kier alpha value is -2.88. The number of nitrogens with zero attached hydrogens (tertiary/aromatic N) is 1. The lowest BCUT2D eigenvalue weighted by molar-refractivity contribution is -0.165. The Morgan fingerprint density at radius 3 is 1.71 bits per heavy atom. The van der Waals surface area contributed by atoms with Crippen LogP contribution in [0.1, 0.15) is 5.56 Å². The predicted octanol–water partition coefficient (Wildman–Crippen LogP) is 4.10. The van der Waals surface area contributed by atoms with Gasteiger partial charge in [0.1, 0.15) is 17.6 Å². The number of nitriles is 1. The molecule has 2 aromatic carbocycles. The molecule has 1 unspecified atom stereocenters. The summed E-state index contributed by atoms with van der Waals surface area (Å²) in [5.41, 5.74) is -2.96. The third-order valence-corrected chi connectivity index (χ3v) is 3.54. The van der Waals surface area contributed by atoms with Crippen molar-refractivity contribution in [2.45, 2.75) is 11.7 Å². The summed E-state index contributed by atoms with van der Waals surface area (Å²) in [5, 5.41) is 11.7. The van der Waals surface area contributed by atoms with E-state index in [9.17, 15) is 18.4 Å². The van der Waals surface area contributed by atoms with Gasteiger partial charge in [0.05, 0.1) is 14.2 Å². The lowest BCUT2D eigenvalue weighted by atomic mass is 9.90. The first kappa shape index (κ1) is 17.5. The number of benzene rings is 2. The lowest BCUT2D eigenvalue weighted by Crippen LogP contribution is -2.47. The second-order valence-electron chi connectivity index (χ2n) is 4.94. The van der Waals surface area contributed by atoms with Crippen LogP contribution in [0.3, 0.4) is 0 Å². The molecule has 1 atom stereocenters. The van der Waals surface area contributed by atoms with Gasteiger partial charge in [-0.15, -0.1) is 0 Å². The standard InChI is InChI=1S/C17H15F3N2O2/c1-23-14-7-3-12(4-8-14)16(11-21,17(18,19)20)22-13-5-9-15(24-2)10-6-13/h3-10,22H,1-2H3. The number of nitrogens with one attached hydrogen (secondary N) is 1. The van der Waals surface area contributed by atoms with Gasteiger partial charge in [0.2, 0.25) is 5.54 Å². The molecule has 0 spiro atoms. The van der Waals surface area contributed by atoms with E-state index in [2.05, 4.69) is 5.32 Å². The highest BCUT2D eigenvalue weighted by Gasteiger charge is 2.57. The van der Waals surface area contributed by atoms with Gasteiger partial charge >= 0.3 is 6.18 Å². The van der Waals surface area contributed by atoms with Crippen LogP contribution < -0.4 is 14.8 Å². The molecule has 0 aliphatic carbocycles. The maximum absolute atomic E-state index is 13.7. The Bertz CT molecular complexity index is 721. The molecule has 0 saturated carbocycles. The van der Waals surface area contributed by atoms with Crippen molar-refractivity contribution in [1.29, 1.82) is 5.26 Å². The van der Waals surface area contributed by atoms with Crippen LogP contribution in [0.2, 0.25) is 0 Å². The minimum atomic E-state index is -4.84. The third kappa shape index (κ3) is 3.23. The Morgan fingerprint density at radius 1 is 0.875 bits per heavy atom. The summed E-state index contributed by atoms with van der Waals surface area (Å²) in [6.45, 7) is 0. The van der Waals surface area contributed by atoms with Crippen molar-refractivity contribution in [3.8, 4) is 17.6 Å². The van der Waals surface area contributed by atoms with Crippen LogP contribution in [0.5, 0.6) is 11.5 Å². The zero-order valence-electron chi connectivity index (χ0n) is 13.0. The van der Waals surface area contributed by atoms with Gasteiger partial charge in [-0.25, -0.2) is 0 Å². The van der Waals surface area contributed by atoms with E-state index >= 15 is 0 Å². The summed E-state index contributed by atoms with van der Waals surface area (Å²) in [5.74, 6) is 0.900. The van der Waals surface area contributed by atoms with E-state index in [-0.39, 0.29) is 11.3 Å². The summed E-state index contributed by atoms with van der Waals surface area (Å²) >= 11 is 0. The number of halogens is 3. The molecule has 0 fully saturated rings. The summed E-state index contributed by atoms with van der Waals surface area (Å²) in [4.78, 5) is 0. The van der Waals surface area contributed by atoms with Crippen LogP contribution in [0, 0.1) is 11.3 Å². The molecule has 0 heterocycles. The van der Waals surface area contributed by atoms with Crippen molar-refractivity contribution in [2.24, 2.45) is 0 Å². The Balaban J connectivity index is 2.48. The number of alkyl halides is 3. The van der Waals surface area contributed by atoms with Gasteiger partial charge in [-0.2, -0.15) is 18.4 Å². The maximum Gasteiger partial charge on any atom is 0.429 e. The molecule has 2 rings (SSSR count). The quantitative estimate of drug-likeness (QED) is 0.893. The van der Waals surface area contributed by atoms with Crippen molar-refractivity contribution in [3.05, 3.63) is 54.1 Å². The highest BCUT2D eigenvalue weighted by Crippen LogP contribution is 2.42. The van der Waals surface area contributed by atoms with Crippen LogP contribution in [-0.4, -0.2) is 20.4 Å². The molecule has 1 N–H and O–H groups in total. The fourth-order valence-corrected chi connectivity index (χ4v) is 2.19. The van der Waals surface area contributed by atoms with Gasteiger partial charge < -0.3 is 14.8 Å². The monoisotopic (exact) mass is 336 g/mol. The number of hydrogen-bond donors (Lipinski definition) is 1. The van der Waals surface area contributed by atoms with Gasteiger partial charge in [-0.05, 0) is 36.4 Å². The summed E-state index contributed by atoms with van der Waals surface area (Å²) in [6.07, 6.45) is -4.84. The lowest BCUT2D eigenvalue weighted by Gasteiger charge is -2.31. The molecular weight excluding hydrogens is 321 g/mol. The summed E-state index contributed by atoms with van der Waals surface area (Å²) in [6, 6.07) is 12.4. The van der Waals surface area contributed by atoms with Gasteiger partial charge in [-0.3, -0.25) is 0 Å². The number of ether oxygens (including phenoxy) is 2. The molecule has 126 valence electrons. The molecule has 0 aliphatic rings. The second kappa shape index (κ2) is 6.71. The third-order valence-electron chi connectivity index (χ3n) is 3.54. The van der Waals surface area contributed by atoms with E-state index in [0.717, 1.165) is 0 Å². The Labute approximate surface area is 137 Å². The number of anilines is 1. The molecule has 4 nitrogen and oxygen atoms in total. The van der Waals surface area contributed by atoms with Crippen LogP contribution in [0.25, 0.3) is 0 Å². The van der Waals surface area contributed by atoms with Gasteiger partial charge in [0.25, 0.3) is 0 Å². The first-order chi connectivity index (χ1) is 11.4. The zero-order chi connectivity index (χ0) is 17.8. The predicted molar refractivity (Wildman–Crippen MR) is 83.0 cm³/mol. The maximum atomic E-state index is 13.7. The van der Waals surface area contributed by atoms with E-state index in [1.54, 1.807) is 0 Å². The molecule has 0 radical (unpaired) electrons. The molecule has 0 aliphatic heterocycles. The van der Waals surface area contributed by atoms with Gasteiger partial charge in [0, 0.05) is 11.3 Å². The van der Waals surface area contributed by atoms with Gasteiger partial charge in [0.15, 0.2) is 0 Å². The highest BCUT2D eigenvalue weighted by atomic mass is 19.4. The van der Waals surface area contributed by atoms with E-state index in [1.807, 2.05) is 0 Å². The summed E-state index contributed by atoms with van der Waals surface area (Å²) in [7, 11) is 2.86. The molecule has 0 saturated heterocycles. The molecule has 0 amide bonds. The Kier molecular flexibility index (Phi) is 4.88. The Morgan fingerprint density at radius 2 is 1.33 bits per heavy atom. The minimum absolute atomic E-state index is 0.144. The average molecular weight is 336 g/mol. The van der Waals surface area contributed by atoms with E-state index in [0.29, 0.717) is 11.5 Å². The van der Waals surface area contributed by atoms with Crippen LogP contribution >= 0.6 is 0 Å². The fourth-order valence-electron chi connectivity index (χ4n) is 2.19. The number of hydrogen-bond acceptors (Lipinski definition) is 4. The van der Waals surface area contributed by atoms with Gasteiger partial charge in [-0.1, -0.05) is 12.1 Å². The van der Waals surface area contributed by atoms with Crippen molar-refractivity contribution >= 4 is 5.69 Å². The van der Waals surface area contributed by atoms with Crippen molar-refractivity contribution < 1.29 is 22.6 Å². The SMILES string of the molecule is COc1ccc(NC(C#N)(c2ccc(OC)cc2)C(F)(F)F)cc1. The summed E-state index contributed by atoms with van der Waals surface area (Å²) < 4.78 is 51.1. The van der Waals surface area contributed by atoms with Crippen LogP contribution in [0.4, 0.5) is 18.9 Å². The van der Waals surface area contributed by atoms with Crippen LogP contribution in [0.15, 0.2) is 48.5 Å².